The summed E-state index contributed by atoms with van der Waals surface area (Å²) in [6, 6.07) is 0. The predicted octanol–water partition coefficient (Wildman–Crippen LogP) is 0.318. The average Bonchev–Trinajstić information content (AvgIpc) is 2.02. The minimum atomic E-state index is 0.861. The van der Waals surface area contributed by atoms with Crippen molar-refractivity contribution in [2.45, 2.75) is 12.8 Å². The van der Waals surface area contributed by atoms with Gasteiger partial charge in [-0.25, -0.2) is 0 Å². The Kier molecular flexibility index (Phi) is 5.32. The molecule has 1 N–H and O–H groups in total. The standard InChI is InChI=1S/C9H20N2O/c1-12-9-8-11-6-3-2-4-10-5-7-11/h10H,2-9H2,1H3. The lowest BCUT2D eigenvalue weighted by Gasteiger charge is -2.24. The Labute approximate surface area is 75.1 Å². The third kappa shape index (κ3) is 4.04. The lowest BCUT2D eigenvalue weighted by atomic mass is 10.2. The van der Waals surface area contributed by atoms with Crippen LogP contribution in [0.3, 0.4) is 0 Å². The zero-order chi connectivity index (χ0) is 8.65. The van der Waals surface area contributed by atoms with Crippen molar-refractivity contribution < 1.29 is 4.74 Å². The molecule has 0 aromatic heterocycles. The molecule has 12 heavy (non-hydrogen) atoms. The van der Waals surface area contributed by atoms with E-state index < -0.39 is 0 Å². The number of nitrogens with one attached hydrogen (secondary N) is 1. The average molecular weight is 172 g/mol. The summed E-state index contributed by atoms with van der Waals surface area (Å²) in [6.07, 6.45) is 2.63. The van der Waals surface area contributed by atoms with Gasteiger partial charge in [-0.2, -0.15) is 0 Å². The van der Waals surface area contributed by atoms with Crippen molar-refractivity contribution in [3.8, 4) is 0 Å². The van der Waals surface area contributed by atoms with Gasteiger partial charge in [-0.05, 0) is 25.9 Å². The molecule has 3 nitrogen and oxygen atoms in total. The highest BCUT2D eigenvalue weighted by molar-refractivity contribution is 4.63. The first-order valence-corrected chi connectivity index (χ1v) is 4.85. The van der Waals surface area contributed by atoms with Gasteiger partial charge in [0.15, 0.2) is 0 Å². The van der Waals surface area contributed by atoms with E-state index in [1.165, 1.54) is 32.5 Å². The molecule has 0 aliphatic carbocycles. The maximum absolute atomic E-state index is 5.05. The molecular weight excluding hydrogens is 152 g/mol. The number of nitrogens with zero attached hydrogens (tertiary/aromatic N) is 1. The van der Waals surface area contributed by atoms with Gasteiger partial charge in [0.05, 0.1) is 6.61 Å². The molecule has 0 aromatic rings. The van der Waals surface area contributed by atoms with Gasteiger partial charge in [-0.3, -0.25) is 4.90 Å². The smallest absolute Gasteiger partial charge is 0.0589 e. The zero-order valence-electron chi connectivity index (χ0n) is 8.01. The van der Waals surface area contributed by atoms with Crippen LogP contribution in [-0.2, 0) is 4.74 Å². The van der Waals surface area contributed by atoms with E-state index in [9.17, 15) is 0 Å². The maximum atomic E-state index is 5.05. The second kappa shape index (κ2) is 6.40. The maximum Gasteiger partial charge on any atom is 0.0589 e. The van der Waals surface area contributed by atoms with Gasteiger partial charge < -0.3 is 10.1 Å². The van der Waals surface area contributed by atoms with E-state index in [4.69, 9.17) is 4.74 Å². The Morgan fingerprint density at radius 1 is 1.25 bits per heavy atom. The molecule has 0 bridgehead atoms. The third-order valence-corrected chi connectivity index (χ3v) is 2.29. The van der Waals surface area contributed by atoms with Gasteiger partial charge in [0.1, 0.15) is 0 Å². The van der Waals surface area contributed by atoms with Crippen molar-refractivity contribution in [3.63, 3.8) is 0 Å². The first kappa shape index (κ1) is 9.96. The summed E-state index contributed by atoms with van der Waals surface area (Å²) in [5, 5.41) is 3.41. The second-order valence-corrected chi connectivity index (χ2v) is 3.29. The SMILES string of the molecule is COCCN1CCCCNCC1. The molecule has 0 atom stereocenters. The molecule has 1 fully saturated rings. The Balaban J connectivity index is 2.11. The van der Waals surface area contributed by atoms with Gasteiger partial charge in [0.25, 0.3) is 0 Å². The van der Waals surface area contributed by atoms with Crippen LogP contribution in [0.5, 0.6) is 0 Å². The second-order valence-electron chi connectivity index (χ2n) is 3.29. The van der Waals surface area contributed by atoms with Crippen LogP contribution in [0.1, 0.15) is 12.8 Å². The van der Waals surface area contributed by atoms with Crippen LogP contribution in [0.4, 0.5) is 0 Å². The monoisotopic (exact) mass is 172 g/mol. The number of hydrogen-bond donors (Lipinski definition) is 1. The van der Waals surface area contributed by atoms with Crippen molar-refractivity contribution in [2.24, 2.45) is 0 Å². The Morgan fingerprint density at radius 2 is 2.17 bits per heavy atom. The summed E-state index contributed by atoms with van der Waals surface area (Å²) >= 11 is 0. The quantitative estimate of drug-likeness (QED) is 0.663. The van der Waals surface area contributed by atoms with E-state index in [1.54, 1.807) is 7.11 Å². The zero-order valence-corrected chi connectivity index (χ0v) is 8.01. The number of methoxy groups -OCH3 is 1. The largest absolute Gasteiger partial charge is 0.383 e. The van der Waals surface area contributed by atoms with E-state index >= 15 is 0 Å². The molecule has 1 heterocycles. The lowest BCUT2D eigenvalue weighted by Crippen LogP contribution is -2.37. The molecule has 0 radical (unpaired) electrons. The minimum absolute atomic E-state index is 0.861. The fourth-order valence-corrected chi connectivity index (χ4v) is 1.50. The van der Waals surface area contributed by atoms with Gasteiger partial charge >= 0.3 is 0 Å². The molecule has 0 aromatic carbocycles. The Morgan fingerprint density at radius 3 is 3.00 bits per heavy atom. The number of rotatable bonds is 3. The highest BCUT2D eigenvalue weighted by Crippen LogP contribution is 1.97. The Hall–Kier alpha value is -0.120. The first-order valence-electron chi connectivity index (χ1n) is 4.85. The molecule has 0 saturated carbocycles. The summed E-state index contributed by atoms with van der Waals surface area (Å²) in [6.45, 7) is 6.68. The lowest BCUT2D eigenvalue weighted by molar-refractivity contribution is 0.144. The van der Waals surface area contributed by atoms with E-state index in [0.717, 1.165) is 19.7 Å². The van der Waals surface area contributed by atoms with Crippen LogP contribution in [0, 0.1) is 0 Å². The predicted molar refractivity (Wildman–Crippen MR) is 50.4 cm³/mol. The molecule has 1 aliphatic rings. The molecule has 1 aliphatic heterocycles. The molecule has 0 spiro atoms. The van der Waals surface area contributed by atoms with Crippen molar-refractivity contribution in [1.82, 2.24) is 10.2 Å². The highest BCUT2D eigenvalue weighted by Gasteiger charge is 2.05. The molecule has 1 rings (SSSR count). The van der Waals surface area contributed by atoms with E-state index in [0.29, 0.717) is 0 Å². The molecule has 3 heteroatoms. The fourth-order valence-electron chi connectivity index (χ4n) is 1.50. The van der Waals surface area contributed by atoms with Crippen LogP contribution in [0.2, 0.25) is 0 Å². The van der Waals surface area contributed by atoms with E-state index in [2.05, 4.69) is 10.2 Å². The number of hydrogen-bond acceptors (Lipinski definition) is 3. The normalized spacial score (nSPS) is 21.8. The van der Waals surface area contributed by atoms with E-state index in [1.807, 2.05) is 0 Å². The topological polar surface area (TPSA) is 24.5 Å². The van der Waals surface area contributed by atoms with Crippen LogP contribution in [0.25, 0.3) is 0 Å². The van der Waals surface area contributed by atoms with Crippen LogP contribution in [-0.4, -0.2) is 51.3 Å². The first-order chi connectivity index (χ1) is 5.93. The molecule has 72 valence electrons. The van der Waals surface area contributed by atoms with Crippen molar-refractivity contribution in [2.75, 3.05) is 46.4 Å². The summed E-state index contributed by atoms with van der Waals surface area (Å²) in [4.78, 5) is 2.47. The van der Waals surface area contributed by atoms with Crippen LogP contribution < -0.4 is 5.32 Å². The van der Waals surface area contributed by atoms with Crippen molar-refractivity contribution in [1.29, 1.82) is 0 Å². The molecule has 1 saturated heterocycles. The van der Waals surface area contributed by atoms with Gasteiger partial charge in [-0.1, -0.05) is 0 Å². The molecule has 0 amide bonds. The van der Waals surface area contributed by atoms with Crippen LogP contribution in [0.15, 0.2) is 0 Å². The van der Waals surface area contributed by atoms with E-state index in [-0.39, 0.29) is 0 Å². The molecule has 0 unspecified atom stereocenters. The highest BCUT2D eigenvalue weighted by atomic mass is 16.5. The minimum Gasteiger partial charge on any atom is -0.383 e. The summed E-state index contributed by atoms with van der Waals surface area (Å²) in [7, 11) is 1.77. The van der Waals surface area contributed by atoms with Crippen LogP contribution >= 0.6 is 0 Å². The fraction of sp³-hybridized carbons (Fsp3) is 1.00. The summed E-state index contributed by atoms with van der Waals surface area (Å²) < 4.78 is 5.05. The summed E-state index contributed by atoms with van der Waals surface area (Å²) in [5.74, 6) is 0. The van der Waals surface area contributed by atoms with Gasteiger partial charge in [0.2, 0.25) is 0 Å². The molecular formula is C9H20N2O. The van der Waals surface area contributed by atoms with Gasteiger partial charge in [0, 0.05) is 26.7 Å². The van der Waals surface area contributed by atoms with Gasteiger partial charge in [-0.15, -0.1) is 0 Å². The summed E-state index contributed by atoms with van der Waals surface area (Å²) in [5.41, 5.74) is 0. The van der Waals surface area contributed by atoms with Crippen molar-refractivity contribution >= 4 is 0 Å². The number of ether oxygens (including phenoxy) is 1. The van der Waals surface area contributed by atoms with Crippen molar-refractivity contribution in [3.05, 3.63) is 0 Å². The Bertz CT molecular complexity index is 97.9. The third-order valence-electron chi connectivity index (χ3n) is 2.29.